The van der Waals surface area contributed by atoms with Crippen LogP contribution >= 0.6 is 12.2 Å². The third kappa shape index (κ3) is 2.06. The van der Waals surface area contributed by atoms with Crippen molar-refractivity contribution in [1.29, 1.82) is 0 Å². The van der Waals surface area contributed by atoms with E-state index in [2.05, 4.69) is 0 Å². The molecule has 21 heavy (non-hydrogen) atoms. The normalized spacial score (nSPS) is 18.6. The van der Waals surface area contributed by atoms with Gasteiger partial charge in [-0.05, 0) is 0 Å². The Morgan fingerprint density at radius 2 is 1.81 bits per heavy atom. The highest BCUT2D eigenvalue weighted by molar-refractivity contribution is 7.81. The smallest absolute Gasteiger partial charge is 0.256 e. The molecule has 0 aromatic carbocycles. The van der Waals surface area contributed by atoms with E-state index < -0.39 is 23.3 Å². The van der Waals surface area contributed by atoms with Crippen LogP contribution in [0.1, 0.15) is 25.0 Å². The Kier molecular flexibility index (Phi) is 3.13. The van der Waals surface area contributed by atoms with Gasteiger partial charge in [-0.2, -0.15) is 0 Å². The van der Waals surface area contributed by atoms with E-state index in [1.54, 1.807) is 12.2 Å². The van der Waals surface area contributed by atoms with Gasteiger partial charge < -0.3 is 14.6 Å². The highest BCUT2D eigenvalue weighted by Crippen LogP contribution is 2.46. The fraction of sp³-hybridized carbons (Fsp3) is 0.214. The van der Waals surface area contributed by atoms with Gasteiger partial charge in [-0.15, -0.1) is 0 Å². The molecule has 3 rings (SSSR count). The molecule has 0 unspecified atom stereocenters. The Hall–Kier alpha value is -2.41. The van der Waals surface area contributed by atoms with Crippen molar-refractivity contribution in [2.75, 3.05) is 4.90 Å². The molecule has 2 aliphatic rings. The Morgan fingerprint density at radius 1 is 1.14 bits per heavy atom. The lowest BCUT2D eigenvalue weighted by atomic mass is 10.0. The zero-order valence-electron chi connectivity index (χ0n) is 10.8. The number of thiocarbonyl (C=S) groups is 1. The minimum atomic E-state index is -0.633. The van der Waals surface area contributed by atoms with Crippen LogP contribution in [-0.4, -0.2) is 26.9 Å². The fourth-order valence-electron chi connectivity index (χ4n) is 2.28. The van der Waals surface area contributed by atoms with Crippen molar-refractivity contribution in [2.45, 2.75) is 19.3 Å². The van der Waals surface area contributed by atoms with Gasteiger partial charge in [0.2, 0.25) is 23.3 Å². The average molecular weight is 305 g/mol. The van der Waals surface area contributed by atoms with Gasteiger partial charge in [-0.1, -0.05) is 30.4 Å². The molecule has 0 saturated carbocycles. The molecular weight excluding hydrogens is 294 g/mol. The Bertz CT molecular complexity index is 712. The van der Waals surface area contributed by atoms with Crippen molar-refractivity contribution < 1.29 is 24.2 Å². The largest absolute Gasteiger partial charge is 0.502 e. The van der Waals surface area contributed by atoms with E-state index in [9.17, 15) is 19.8 Å². The van der Waals surface area contributed by atoms with Crippen molar-refractivity contribution >= 4 is 40.4 Å². The molecule has 2 heterocycles. The van der Waals surface area contributed by atoms with Gasteiger partial charge in [0, 0.05) is 29.7 Å². The number of allylic oxidation sites excluding steroid dienone is 4. The molecule has 0 radical (unpaired) electrons. The zero-order chi connectivity index (χ0) is 15.1. The van der Waals surface area contributed by atoms with Gasteiger partial charge in [-0.25, -0.2) is 4.90 Å². The number of furan rings is 1. The van der Waals surface area contributed by atoms with Gasteiger partial charge in [0.15, 0.2) is 5.76 Å². The molecule has 0 bridgehead atoms. The summed E-state index contributed by atoms with van der Waals surface area (Å²) in [5.41, 5.74) is 0.450. The van der Waals surface area contributed by atoms with Crippen molar-refractivity contribution in [3.05, 3.63) is 24.0 Å². The lowest BCUT2D eigenvalue weighted by Gasteiger charge is -2.10. The zero-order valence-corrected chi connectivity index (χ0v) is 11.6. The van der Waals surface area contributed by atoms with Crippen LogP contribution < -0.4 is 4.90 Å². The highest BCUT2D eigenvalue weighted by Gasteiger charge is 2.37. The molecule has 2 amide bonds. The molecular formula is C14H11NO5S. The summed E-state index contributed by atoms with van der Waals surface area (Å²) in [7, 11) is 0. The molecule has 6 nitrogen and oxygen atoms in total. The monoisotopic (exact) mass is 305 g/mol. The van der Waals surface area contributed by atoms with Gasteiger partial charge >= 0.3 is 0 Å². The standard InChI is InChI=1S/C14H11NO5S/c16-9-5-6-10(17)15(9)14-12(19)11(18)13(20-14)7-3-1-2-4-8(7)21/h1-3,18-19H,4-6H2. The maximum atomic E-state index is 11.7. The molecule has 2 N–H and O–H groups in total. The second-order valence-corrected chi connectivity index (χ2v) is 5.19. The molecule has 1 fully saturated rings. The minimum Gasteiger partial charge on any atom is -0.502 e. The second kappa shape index (κ2) is 4.85. The molecule has 0 atom stereocenters. The van der Waals surface area contributed by atoms with Crippen LogP contribution in [0.5, 0.6) is 11.5 Å². The molecule has 7 heteroatoms. The number of rotatable bonds is 2. The van der Waals surface area contributed by atoms with E-state index in [4.69, 9.17) is 16.6 Å². The van der Waals surface area contributed by atoms with E-state index in [-0.39, 0.29) is 24.5 Å². The van der Waals surface area contributed by atoms with Crippen molar-refractivity contribution in [3.8, 4) is 11.5 Å². The van der Waals surface area contributed by atoms with Crippen LogP contribution in [0, 0.1) is 0 Å². The summed E-state index contributed by atoms with van der Waals surface area (Å²) in [6.45, 7) is 0. The summed E-state index contributed by atoms with van der Waals surface area (Å²) in [5, 5.41) is 20.0. The first-order valence-corrected chi connectivity index (χ1v) is 6.72. The predicted molar refractivity (Wildman–Crippen MR) is 78.1 cm³/mol. The van der Waals surface area contributed by atoms with Crippen LogP contribution in [0.3, 0.4) is 0 Å². The first-order chi connectivity index (χ1) is 10.0. The predicted octanol–water partition coefficient (Wildman–Crippen LogP) is 2.06. The number of hydrogen-bond donors (Lipinski definition) is 2. The van der Waals surface area contributed by atoms with Crippen molar-refractivity contribution in [2.24, 2.45) is 0 Å². The molecule has 1 saturated heterocycles. The van der Waals surface area contributed by atoms with Crippen LogP contribution in [0.2, 0.25) is 0 Å². The van der Waals surface area contributed by atoms with Crippen molar-refractivity contribution in [1.82, 2.24) is 0 Å². The lowest BCUT2D eigenvalue weighted by Crippen LogP contribution is -2.28. The number of amides is 2. The maximum absolute atomic E-state index is 11.7. The number of carbonyl (C=O) groups is 2. The summed E-state index contributed by atoms with van der Waals surface area (Å²) in [6.07, 6.45) is 5.86. The molecule has 1 aliphatic carbocycles. The summed E-state index contributed by atoms with van der Waals surface area (Å²) < 4.78 is 5.37. The minimum absolute atomic E-state index is 0.0376. The van der Waals surface area contributed by atoms with E-state index in [0.717, 1.165) is 4.90 Å². The van der Waals surface area contributed by atoms with Gasteiger partial charge in [0.05, 0.1) is 0 Å². The highest BCUT2D eigenvalue weighted by atomic mass is 32.1. The van der Waals surface area contributed by atoms with Crippen LogP contribution in [-0.2, 0) is 9.59 Å². The SMILES string of the molecule is O=C1CCC(=O)N1c1oc(C2=CC=CCC2=S)c(O)c1O. The van der Waals surface area contributed by atoms with E-state index in [1.807, 2.05) is 6.08 Å². The first-order valence-electron chi connectivity index (χ1n) is 6.31. The van der Waals surface area contributed by atoms with E-state index in [0.29, 0.717) is 16.9 Å². The van der Waals surface area contributed by atoms with Gasteiger partial charge in [-0.3, -0.25) is 9.59 Å². The number of hydrogen-bond acceptors (Lipinski definition) is 6. The second-order valence-electron chi connectivity index (χ2n) is 4.69. The quantitative estimate of drug-likeness (QED) is 0.642. The first kappa shape index (κ1) is 13.6. The number of carbonyl (C=O) groups excluding carboxylic acids is 2. The topological polar surface area (TPSA) is 91.0 Å². The summed E-state index contributed by atoms with van der Waals surface area (Å²) in [4.78, 5) is 24.7. The molecule has 1 aliphatic heterocycles. The Balaban J connectivity index is 2.10. The molecule has 108 valence electrons. The van der Waals surface area contributed by atoms with Crippen LogP contribution in [0.25, 0.3) is 5.57 Å². The third-order valence-corrected chi connectivity index (χ3v) is 3.73. The van der Waals surface area contributed by atoms with Crippen molar-refractivity contribution in [3.63, 3.8) is 0 Å². The van der Waals surface area contributed by atoms with Crippen LogP contribution in [0.15, 0.2) is 22.6 Å². The van der Waals surface area contributed by atoms with E-state index in [1.165, 1.54) is 0 Å². The lowest BCUT2D eigenvalue weighted by molar-refractivity contribution is -0.121. The maximum Gasteiger partial charge on any atom is 0.256 e. The summed E-state index contributed by atoms with van der Waals surface area (Å²) >= 11 is 5.18. The summed E-state index contributed by atoms with van der Waals surface area (Å²) in [5.74, 6) is -2.50. The van der Waals surface area contributed by atoms with Gasteiger partial charge in [0.1, 0.15) is 0 Å². The van der Waals surface area contributed by atoms with Gasteiger partial charge in [0.25, 0.3) is 5.88 Å². The van der Waals surface area contributed by atoms with E-state index >= 15 is 0 Å². The third-order valence-electron chi connectivity index (χ3n) is 3.34. The fourth-order valence-corrected chi connectivity index (χ4v) is 2.54. The Morgan fingerprint density at radius 3 is 2.43 bits per heavy atom. The molecule has 0 spiro atoms. The molecule has 1 aromatic heterocycles. The molecule has 1 aromatic rings. The number of nitrogens with zero attached hydrogens (tertiary/aromatic N) is 1. The average Bonchev–Trinajstić information content (AvgIpc) is 2.93. The Labute approximate surface area is 125 Å². The number of imide groups is 1. The number of anilines is 1. The van der Waals surface area contributed by atoms with Crippen LogP contribution in [0.4, 0.5) is 5.88 Å². The number of aromatic hydroxyl groups is 2. The summed E-state index contributed by atoms with van der Waals surface area (Å²) in [6, 6.07) is 0.